The van der Waals surface area contributed by atoms with Crippen LogP contribution in [0.3, 0.4) is 0 Å². The van der Waals surface area contributed by atoms with Gasteiger partial charge in [0.2, 0.25) is 5.91 Å². The second kappa shape index (κ2) is 9.98. The average molecular weight is 410 g/mol. The fraction of sp³-hybridized carbons (Fsp3) is 0.0833. The van der Waals surface area contributed by atoms with E-state index in [-0.39, 0.29) is 5.91 Å². The van der Waals surface area contributed by atoms with Gasteiger partial charge in [0, 0.05) is 30.1 Å². The highest BCUT2D eigenvalue weighted by atomic mass is 16.1. The van der Waals surface area contributed by atoms with E-state index in [1.54, 1.807) is 12.3 Å². The van der Waals surface area contributed by atoms with Gasteiger partial charge >= 0.3 is 0 Å². The number of pyridine rings is 1. The number of benzene rings is 2. The summed E-state index contributed by atoms with van der Waals surface area (Å²) in [5.41, 5.74) is 2.76. The van der Waals surface area contributed by atoms with E-state index in [2.05, 4.69) is 30.9 Å². The molecule has 0 unspecified atom stereocenters. The molecule has 31 heavy (non-hydrogen) atoms. The predicted octanol–water partition coefficient (Wildman–Crippen LogP) is 4.93. The van der Waals surface area contributed by atoms with E-state index in [1.807, 2.05) is 72.8 Å². The van der Waals surface area contributed by atoms with Gasteiger partial charge in [0.15, 0.2) is 0 Å². The van der Waals surface area contributed by atoms with Crippen molar-refractivity contribution in [2.45, 2.75) is 12.8 Å². The lowest BCUT2D eigenvalue weighted by Gasteiger charge is -2.10. The first-order valence-corrected chi connectivity index (χ1v) is 9.95. The summed E-state index contributed by atoms with van der Waals surface area (Å²) in [6, 6.07) is 24.9. The van der Waals surface area contributed by atoms with Crippen molar-refractivity contribution in [2.75, 3.05) is 16.0 Å². The van der Waals surface area contributed by atoms with Gasteiger partial charge in [-0.05, 0) is 48.4 Å². The zero-order valence-electron chi connectivity index (χ0n) is 16.8. The molecular formula is C24H22N6O. The third kappa shape index (κ3) is 6.11. The second-order valence-corrected chi connectivity index (χ2v) is 6.86. The largest absolute Gasteiger partial charge is 0.340 e. The van der Waals surface area contributed by atoms with Crippen LogP contribution in [0.2, 0.25) is 0 Å². The maximum Gasteiger partial charge on any atom is 0.224 e. The van der Waals surface area contributed by atoms with E-state index in [9.17, 15) is 4.79 Å². The highest BCUT2D eigenvalue weighted by Crippen LogP contribution is 2.20. The number of rotatable bonds is 8. The first-order chi connectivity index (χ1) is 15.2. The number of hydrogen-bond acceptors (Lipinski definition) is 6. The molecule has 2 heterocycles. The molecule has 1 amide bonds. The van der Waals surface area contributed by atoms with Gasteiger partial charge < -0.3 is 16.0 Å². The Morgan fingerprint density at radius 1 is 0.710 bits per heavy atom. The van der Waals surface area contributed by atoms with Crippen LogP contribution >= 0.6 is 0 Å². The molecule has 0 radical (unpaired) electrons. The Bertz CT molecular complexity index is 1120. The Hall–Kier alpha value is -4.26. The molecule has 0 fully saturated rings. The number of carbonyl (C=O) groups is 1. The van der Waals surface area contributed by atoms with Crippen LogP contribution in [0.15, 0.2) is 91.4 Å². The van der Waals surface area contributed by atoms with Gasteiger partial charge in [0.25, 0.3) is 0 Å². The molecule has 0 saturated carbocycles. The Balaban J connectivity index is 1.31. The monoisotopic (exact) mass is 410 g/mol. The predicted molar refractivity (Wildman–Crippen MR) is 123 cm³/mol. The molecule has 3 N–H and O–H groups in total. The number of anilines is 5. The first kappa shape index (κ1) is 20.0. The molecule has 4 aromatic rings. The number of nitrogens with zero attached hydrogens (tertiary/aromatic N) is 3. The van der Waals surface area contributed by atoms with Crippen LogP contribution in [-0.4, -0.2) is 20.9 Å². The highest BCUT2D eigenvalue weighted by Gasteiger charge is 2.05. The molecule has 154 valence electrons. The normalized spacial score (nSPS) is 10.3. The summed E-state index contributed by atoms with van der Waals surface area (Å²) in [6.45, 7) is 0. The van der Waals surface area contributed by atoms with Crippen molar-refractivity contribution in [1.29, 1.82) is 0 Å². The molecule has 0 bridgehead atoms. The number of hydrogen-bond donors (Lipinski definition) is 3. The van der Waals surface area contributed by atoms with Gasteiger partial charge in [-0.1, -0.05) is 36.4 Å². The van der Waals surface area contributed by atoms with Crippen molar-refractivity contribution >= 4 is 34.7 Å². The van der Waals surface area contributed by atoms with Crippen molar-refractivity contribution in [3.8, 4) is 0 Å². The minimum Gasteiger partial charge on any atom is -0.340 e. The standard InChI is InChI=1S/C24H22N6O/c31-24(14-9-18-6-2-1-3-7-18)29-20-12-10-19(11-13-20)28-22-16-23(27-17-26-22)30-21-8-4-5-15-25-21/h1-8,10-13,15-17H,9,14H2,(H,29,31)(H2,25,26,27,28,30). The summed E-state index contributed by atoms with van der Waals surface area (Å²) in [5.74, 6) is 1.98. The highest BCUT2D eigenvalue weighted by molar-refractivity contribution is 5.91. The molecule has 2 aromatic heterocycles. The summed E-state index contributed by atoms with van der Waals surface area (Å²) in [6.07, 6.45) is 4.35. The lowest BCUT2D eigenvalue weighted by Crippen LogP contribution is -2.12. The minimum absolute atomic E-state index is 0.00870. The van der Waals surface area contributed by atoms with Crippen LogP contribution < -0.4 is 16.0 Å². The van der Waals surface area contributed by atoms with E-state index in [0.717, 1.165) is 23.4 Å². The molecule has 0 aliphatic heterocycles. The molecule has 7 nitrogen and oxygen atoms in total. The number of aromatic nitrogens is 3. The topological polar surface area (TPSA) is 91.8 Å². The van der Waals surface area contributed by atoms with Crippen LogP contribution in [0.1, 0.15) is 12.0 Å². The Morgan fingerprint density at radius 2 is 1.42 bits per heavy atom. The fourth-order valence-corrected chi connectivity index (χ4v) is 2.97. The van der Waals surface area contributed by atoms with Gasteiger partial charge in [-0.15, -0.1) is 0 Å². The molecule has 0 aliphatic carbocycles. The van der Waals surface area contributed by atoms with E-state index in [1.165, 1.54) is 6.33 Å². The summed E-state index contributed by atoms with van der Waals surface area (Å²) in [7, 11) is 0. The van der Waals surface area contributed by atoms with E-state index >= 15 is 0 Å². The van der Waals surface area contributed by atoms with Crippen molar-refractivity contribution in [3.05, 3.63) is 97.0 Å². The SMILES string of the molecule is O=C(CCc1ccccc1)Nc1ccc(Nc2cc(Nc3ccccn3)ncn2)cc1. The maximum absolute atomic E-state index is 12.2. The quantitative estimate of drug-likeness (QED) is 0.381. The van der Waals surface area contributed by atoms with Crippen LogP contribution in [0, 0.1) is 0 Å². The number of amides is 1. The molecule has 2 aromatic carbocycles. The van der Waals surface area contributed by atoms with Crippen molar-refractivity contribution in [2.24, 2.45) is 0 Å². The zero-order chi connectivity index (χ0) is 21.3. The smallest absolute Gasteiger partial charge is 0.224 e. The van der Waals surface area contributed by atoms with Crippen LogP contribution in [0.5, 0.6) is 0 Å². The van der Waals surface area contributed by atoms with Crippen molar-refractivity contribution < 1.29 is 4.79 Å². The van der Waals surface area contributed by atoms with Gasteiger partial charge in [0.05, 0.1) is 0 Å². The second-order valence-electron chi connectivity index (χ2n) is 6.86. The van der Waals surface area contributed by atoms with Crippen LogP contribution in [0.4, 0.5) is 28.8 Å². The average Bonchev–Trinajstić information content (AvgIpc) is 2.81. The summed E-state index contributed by atoms with van der Waals surface area (Å²) in [5, 5.41) is 9.30. The maximum atomic E-state index is 12.2. The van der Waals surface area contributed by atoms with Gasteiger partial charge in [-0.2, -0.15) is 0 Å². The molecule has 0 saturated heterocycles. The Kier molecular flexibility index (Phi) is 6.45. The molecule has 0 atom stereocenters. The van der Waals surface area contributed by atoms with Crippen molar-refractivity contribution in [3.63, 3.8) is 0 Å². The molecule has 7 heteroatoms. The third-order valence-corrected chi connectivity index (χ3v) is 4.51. The zero-order valence-corrected chi connectivity index (χ0v) is 16.8. The number of aryl methyl sites for hydroxylation is 1. The minimum atomic E-state index is -0.00870. The van der Waals surface area contributed by atoms with Gasteiger partial charge in [0.1, 0.15) is 23.8 Å². The summed E-state index contributed by atoms with van der Waals surface area (Å²) in [4.78, 5) is 24.9. The van der Waals surface area contributed by atoms with E-state index in [4.69, 9.17) is 0 Å². The Morgan fingerprint density at radius 3 is 2.16 bits per heavy atom. The Labute approximate surface area is 180 Å². The lowest BCUT2D eigenvalue weighted by molar-refractivity contribution is -0.116. The molecular weight excluding hydrogens is 388 g/mol. The number of carbonyl (C=O) groups excluding carboxylic acids is 1. The molecule has 0 spiro atoms. The third-order valence-electron chi connectivity index (χ3n) is 4.51. The van der Waals surface area contributed by atoms with Crippen molar-refractivity contribution in [1.82, 2.24) is 15.0 Å². The van der Waals surface area contributed by atoms with E-state index < -0.39 is 0 Å². The van der Waals surface area contributed by atoms with Crippen LogP contribution in [-0.2, 0) is 11.2 Å². The first-order valence-electron chi connectivity index (χ1n) is 9.95. The molecule has 0 aliphatic rings. The summed E-state index contributed by atoms with van der Waals surface area (Å²) < 4.78 is 0. The lowest BCUT2D eigenvalue weighted by atomic mass is 10.1. The summed E-state index contributed by atoms with van der Waals surface area (Å²) >= 11 is 0. The van der Waals surface area contributed by atoms with Crippen LogP contribution in [0.25, 0.3) is 0 Å². The van der Waals surface area contributed by atoms with E-state index in [0.29, 0.717) is 23.9 Å². The molecule has 4 rings (SSSR count). The number of nitrogens with one attached hydrogen (secondary N) is 3. The van der Waals surface area contributed by atoms with Gasteiger partial charge in [-0.25, -0.2) is 15.0 Å². The van der Waals surface area contributed by atoms with Gasteiger partial charge in [-0.3, -0.25) is 4.79 Å². The fourth-order valence-electron chi connectivity index (χ4n) is 2.97.